The van der Waals surface area contributed by atoms with Crippen LogP contribution in [-0.4, -0.2) is 29.3 Å². The average molecular weight is 269 g/mol. The highest BCUT2D eigenvalue weighted by Crippen LogP contribution is 2.41. The zero-order valence-corrected chi connectivity index (χ0v) is 11.7. The average Bonchev–Trinajstić information content (AvgIpc) is 2.30. The number of aliphatic carboxylic acids is 1. The Balaban J connectivity index is 2.69. The summed E-state index contributed by atoms with van der Waals surface area (Å²) < 4.78 is 4.89. The molecule has 5 heteroatoms. The van der Waals surface area contributed by atoms with E-state index in [2.05, 4.69) is 25.7 Å². The van der Waals surface area contributed by atoms with Gasteiger partial charge in [0.15, 0.2) is 0 Å². The van der Waals surface area contributed by atoms with E-state index in [-0.39, 0.29) is 18.4 Å². The van der Waals surface area contributed by atoms with Gasteiger partial charge in [-0.25, -0.2) is 4.79 Å². The molecule has 0 aromatic heterocycles. The SMILES string of the molecule is C=CCOC(=O)NC1(CC(=O)O)CCC(C)(C)CC1. The van der Waals surface area contributed by atoms with E-state index in [9.17, 15) is 9.59 Å². The molecule has 0 aromatic rings. The molecule has 1 aliphatic carbocycles. The molecule has 1 amide bonds. The fraction of sp³-hybridized carbons (Fsp3) is 0.714. The lowest BCUT2D eigenvalue weighted by Gasteiger charge is -2.43. The molecule has 19 heavy (non-hydrogen) atoms. The van der Waals surface area contributed by atoms with Crippen LogP contribution in [0.15, 0.2) is 12.7 Å². The third kappa shape index (κ3) is 4.93. The summed E-state index contributed by atoms with van der Waals surface area (Å²) in [5.41, 5.74) is -0.478. The van der Waals surface area contributed by atoms with Gasteiger partial charge in [0.25, 0.3) is 0 Å². The summed E-state index contributed by atoms with van der Waals surface area (Å²) >= 11 is 0. The van der Waals surface area contributed by atoms with Crippen LogP contribution in [0, 0.1) is 5.41 Å². The van der Waals surface area contributed by atoms with Crippen molar-refractivity contribution in [3.8, 4) is 0 Å². The van der Waals surface area contributed by atoms with Gasteiger partial charge in [0.2, 0.25) is 0 Å². The number of alkyl carbamates (subject to hydrolysis) is 1. The zero-order chi connectivity index (χ0) is 14.5. The third-order valence-corrected chi connectivity index (χ3v) is 3.75. The number of amides is 1. The lowest BCUT2D eigenvalue weighted by molar-refractivity contribution is -0.139. The number of rotatable bonds is 5. The van der Waals surface area contributed by atoms with E-state index >= 15 is 0 Å². The van der Waals surface area contributed by atoms with E-state index in [4.69, 9.17) is 9.84 Å². The Kier molecular flexibility index (Phi) is 4.97. The van der Waals surface area contributed by atoms with E-state index in [1.54, 1.807) is 0 Å². The summed E-state index contributed by atoms with van der Waals surface area (Å²) in [6, 6.07) is 0. The lowest BCUT2D eigenvalue weighted by atomic mass is 9.68. The van der Waals surface area contributed by atoms with Gasteiger partial charge in [-0.2, -0.15) is 0 Å². The van der Waals surface area contributed by atoms with Crippen molar-refractivity contribution in [1.82, 2.24) is 5.32 Å². The molecule has 1 rings (SSSR count). The fourth-order valence-corrected chi connectivity index (χ4v) is 2.43. The molecule has 0 bridgehead atoms. The van der Waals surface area contributed by atoms with Gasteiger partial charge in [-0.3, -0.25) is 4.79 Å². The first-order valence-corrected chi connectivity index (χ1v) is 6.56. The van der Waals surface area contributed by atoms with Gasteiger partial charge in [0.05, 0.1) is 12.0 Å². The van der Waals surface area contributed by atoms with Crippen LogP contribution in [0.2, 0.25) is 0 Å². The maximum absolute atomic E-state index is 11.6. The van der Waals surface area contributed by atoms with Crippen LogP contribution < -0.4 is 5.32 Å². The number of carbonyl (C=O) groups excluding carboxylic acids is 1. The normalized spacial score (nSPS) is 20.3. The first kappa shape index (κ1) is 15.5. The van der Waals surface area contributed by atoms with Crippen molar-refractivity contribution < 1.29 is 19.4 Å². The molecule has 0 aromatic carbocycles. The van der Waals surface area contributed by atoms with Crippen LogP contribution >= 0.6 is 0 Å². The maximum atomic E-state index is 11.6. The number of nitrogens with one attached hydrogen (secondary N) is 1. The van der Waals surface area contributed by atoms with Crippen LogP contribution in [0.3, 0.4) is 0 Å². The van der Waals surface area contributed by atoms with Gasteiger partial charge >= 0.3 is 12.1 Å². The van der Waals surface area contributed by atoms with Crippen LogP contribution in [0.25, 0.3) is 0 Å². The Hall–Kier alpha value is -1.52. The number of hydrogen-bond acceptors (Lipinski definition) is 3. The molecule has 2 N–H and O–H groups in total. The van der Waals surface area contributed by atoms with Crippen LogP contribution in [0.1, 0.15) is 46.0 Å². The standard InChI is InChI=1S/C14H23NO4/c1-4-9-19-12(18)15-14(10-11(16)17)7-5-13(2,3)6-8-14/h4H,1,5-10H2,2-3H3,(H,15,18)(H,16,17). The van der Waals surface area contributed by atoms with Crippen molar-refractivity contribution in [3.63, 3.8) is 0 Å². The first-order valence-electron chi connectivity index (χ1n) is 6.56. The highest BCUT2D eigenvalue weighted by Gasteiger charge is 2.41. The van der Waals surface area contributed by atoms with Gasteiger partial charge < -0.3 is 15.2 Å². The number of hydrogen-bond donors (Lipinski definition) is 2. The van der Waals surface area contributed by atoms with Crippen LogP contribution in [-0.2, 0) is 9.53 Å². The molecule has 108 valence electrons. The molecule has 5 nitrogen and oxygen atoms in total. The van der Waals surface area contributed by atoms with E-state index < -0.39 is 17.6 Å². The molecule has 0 heterocycles. The van der Waals surface area contributed by atoms with Crippen molar-refractivity contribution in [2.24, 2.45) is 5.41 Å². The third-order valence-electron chi connectivity index (χ3n) is 3.75. The summed E-state index contributed by atoms with van der Waals surface area (Å²) in [4.78, 5) is 22.7. The molecule has 0 aliphatic heterocycles. The molecule has 0 atom stereocenters. The Morgan fingerprint density at radius 3 is 2.37 bits per heavy atom. The van der Waals surface area contributed by atoms with E-state index in [1.807, 2.05) is 0 Å². The highest BCUT2D eigenvalue weighted by atomic mass is 16.5. The largest absolute Gasteiger partial charge is 0.481 e. The summed E-state index contributed by atoms with van der Waals surface area (Å²) in [6.07, 6.45) is 3.95. The number of carbonyl (C=O) groups is 2. The van der Waals surface area contributed by atoms with Crippen molar-refractivity contribution in [2.75, 3.05) is 6.61 Å². The van der Waals surface area contributed by atoms with Gasteiger partial charge in [-0.05, 0) is 31.1 Å². The van der Waals surface area contributed by atoms with Gasteiger partial charge in [-0.15, -0.1) is 0 Å². The second-order valence-electron chi connectivity index (χ2n) is 6.03. The molecular formula is C14H23NO4. The molecule has 0 radical (unpaired) electrons. The molecule has 0 saturated heterocycles. The van der Waals surface area contributed by atoms with Crippen LogP contribution in [0.4, 0.5) is 4.79 Å². The highest BCUT2D eigenvalue weighted by molar-refractivity contribution is 5.72. The lowest BCUT2D eigenvalue weighted by Crippen LogP contribution is -2.53. The van der Waals surface area contributed by atoms with Crippen molar-refractivity contribution in [3.05, 3.63) is 12.7 Å². The zero-order valence-electron chi connectivity index (χ0n) is 11.7. The molecule has 1 saturated carbocycles. The minimum Gasteiger partial charge on any atom is -0.481 e. The van der Waals surface area contributed by atoms with Gasteiger partial charge in [0.1, 0.15) is 6.61 Å². The molecule has 0 unspecified atom stereocenters. The Labute approximate surface area is 114 Å². The summed E-state index contributed by atoms with van der Waals surface area (Å²) in [5.74, 6) is -0.899. The second kappa shape index (κ2) is 6.08. The Bertz CT molecular complexity index is 352. The monoisotopic (exact) mass is 269 g/mol. The van der Waals surface area contributed by atoms with Gasteiger partial charge in [-0.1, -0.05) is 26.5 Å². The topological polar surface area (TPSA) is 75.6 Å². The fourth-order valence-electron chi connectivity index (χ4n) is 2.43. The second-order valence-corrected chi connectivity index (χ2v) is 6.03. The molecule has 1 aliphatic rings. The van der Waals surface area contributed by atoms with Crippen molar-refractivity contribution >= 4 is 12.1 Å². The van der Waals surface area contributed by atoms with E-state index in [0.29, 0.717) is 12.8 Å². The van der Waals surface area contributed by atoms with Crippen LogP contribution in [0.5, 0.6) is 0 Å². The minimum atomic E-state index is -0.899. The quantitative estimate of drug-likeness (QED) is 0.752. The first-order chi connectivity index (χ1) is 8.79. The summed E-state index contributed by atoms with van der Waals surface area (Å²) in [7, 11) is 0. The van der Waals surface area contributed by atoms with Crippen molar-refractivity contribution in [2.45, 2.75) is 51.5 Å². The number of carboxylic acids is 1. The number of ether oxygens (including phenoxy) is 1. The summed E-state index contributed by atoms with van der Waals surface area (Å²) in [6.45, 7) is 7.91. The predicted molar refractivity (Wildman–Crippen MR) is 71.9 cm³/mol. The molecule has 1 fully saturated rings. The van der Waals surface area contributed by atoms with E-state index in [0.717, 1.165) is 12.8 Å². The summed E-state index contributed by atoms with van der Waals surface area (Å²) in [5, 5.41) is 11.8. The van der Waals surface area contributed by atoms with E-state index in [1.165, 1.54) is 6.08 Å². The van der Waals surface area contributed by atoms with Crippen molar-refractivity contribution in [1.29, 1.82) is 0 Å². The predicted octanol–water partition coefficient (Wildman–Crippen LogP) is 2.71. The molecular weight excluding hydrogens is 246 g/mol. The Morgan fingerprint density at radius 2 is 1.89 bits per heavy atom. The number of carboxylic acid groups (broad SMARTS) is 1. The van der Waals surface area contributed by atoms with Gasteiger partial charge in [0, 0.05) is 0 Å². The smallest absolute Gasteiger partial charge is 0.407 e. The Morgan fingerprint density at radius 1 is 1.32 bits per heavy atom. The minimum absolute atomic E-state index is 0.0632. The maximum Gasteiger partial charge on any atom is 0.407 e. The molecule has 0 spiro atoms.